The Hall–Kier alpha value is -8.74. The third-order valence-electron chi connectivity index (χ3n) is 17.2. The number of hydrogen-bond acceptors (Lipinski definition) is 4. The molecule has 0 amide bonds. The lowest BCUT2D eigenvalue weighted by Crippen LogP contribution is -2.03. The number of para-hydroxylation sites is 4. The molecule has 80 heavy (non-hydrogen) atoms. The molecule has 3 heterocycles. The van der Waals surface area contributed by atoms with Gasteiger partial charge in [0.1, 0.15) is 11.6 Å². The van der Waals surface area contributed by atoms with Crippen LogP contribution in [0.4, 0.5) is 0 Å². The van der Waals surface area contributed by atoms with Crippen molar-refractivity contribution in [1.82, 2.24) is 29.1 Å². The first kappa shape index (κ1) is 52.0. The van der Waals surface area contributed by atoms with Crippen molar-refractivity contribution < 1.29 is 0 Å². The summed E-state index contributed by atoms with van der Waals surface area (Å²) in [5.74, 6) is 3.50. The molecule has 0 bridgehead atoms. The lowest BCUT2D eigenvalue weighted by molar-refractivity contribution is 0.726. The van der Waals surface area contributed by atoms with Crippen LogP contribution in [0.2, 0.25) is 0 Å². The first-order valence-electron chi connectivity index (χ1n) is 29.1. The number of hydrogen-bond donors (Lipinski definition) is 0. The van der Waals surface area contributed by atoms with E-state index in [1.165, 1.54) is 33.3 Å². The molecular formula is C74H70N6. The average Bonchev–Trinajstić information content (AvgIpc) is 4.13. The molecule has 0 saturated heterocycles. The Bertz CT molecular complexity index is 3860. The van der Waals surface area contributed by atoms with Crippen LogP contribution in [0.25, 0.3) is 112 Å². The number of nitrogens with zero attached hydrogens (tertiary/aromatic N) is 6. The molecule has 0 saturated carbocycles. The quantitative estimate of drug-likeness (QED) is 0.0967. The summed E-state index contributed by atoms with van der Waals surface area (Å²) in [5.41, 5.74) is 24.4. The second-order valence-corrected chi connectivity index (χ2v) is 22.1. The molecule has 4 unspecified atom stereocenters. The van der Waals surface area contributed by atoms with E-state index < -0.39 is 0 Å². The normalized spacial score (nSPS) is 13.2. The molecule has 4 atom stereocenters. The van der Waals surface area contributed by atoms with Crippen molar-refractivity contribution in [3.8, 4) is 78.9 Å². The van der Waals surface area contributed by atoms with E-state index in [9.17, 15) is 0 Å². The van der Waals surface area contributed by atoms with Gasteiger partial charge in [0.05, 0.1) is 44.5 Å². The summed E-state index contributed by atoms with van der Waals surface area (Å²) >= 11 is 0. The summed E-state index contributed by atoms with van der Waals surface area (Å²) in [7, 11) is 0. The van der Waals surface area contributed by atoms with Gasteiger partial charge in [0, 0.05) is 33.6 Å². The van der Waals surface area contributed by atoms with Crippen LogP contribution in [0.1, 0.15) is 127 Å². The van der Waals surface area contributed by atoms with Crippen molar-refractivity contribution in [3.05, 3.63) is 229 Å². The summed E-state index contributed by atoms with van der Waals surface area (Å²) in [6, 6.07) is 74.4. The largest absolute Gasteiger partial charge is 0.292 e. The van der Waals surface area contributed by atoms with E-state index in [2.05, 4.69) is 247 Å². The number of rotatable bonds is 16. The third kappa shape index (κ3) is 9.51. The van der Waals surface area contributed by atoms with Gasteiger partial charge in [-0.3, -0.25) is 9.13 Å². The van der Waals surface area contributed by atoms with Gasteiger partial charge in [0.25, 0.3) is 0 Å². The zero-order chi connectivity index (χ0) is 55.0. The maximum absolute atomic E-state index is 5.52. The molecule has 0 aliphatic carbocycles. The average molecular weight is 1040 g/mol. The fourth-order valence-electron chi connectivity index (χ4n) is 11.6. The van der Waals surface area contributed by atoms with Gasteiger partial charge in [0.2, 0.25) is 0 Å². The lowest BCUT2D eigenvalue weighted by atomic mass is 9.91. The Balaban J connectivity index is 0.859. The van der Waals surface area contributed by atoms with Crippen molar-refractivity contribution in [2.45, 2.75) is 105 Å². The van der Waals surface area contributed by atoms with Crippen LogP contribution in [-0.2, 0) is 0 Å². The van der Waals surface area contributed by atoms with Crippen molar-refractivity contribution in [2.75, 3.05) is 0 Å². The molecule has 12 rings (SSSR count). The van der Waals surface area contributed by atoms with Gasteiger partial charge >= 0.3 is 0 Å². The fourth-order valence-corrected chi connectivity index (χ4v) is 11.6. The molecule has 0 aliphatic rings. The molecule has 9 aromatic carbocycles. The van der Waals surface area contributed by atoms with Crippen LogP contribution in [0, 0.1) is 0 Å². The number of imidazole rings is 2. The highest BCUT2D eigenvalue weighted by molar-refractivity contribution is 5.92. The highest BCUT2D eigenvalue weighted by Gasteiger charge is 2.26. The van der Waals surface area contributed by atoms with E-state index in [-0.39, 0.29) is 0 Å². The minimum atomic E-state index is 0.394. The molecule has 0 spiro atoms. The second kappa shape index (κ2) is 22.2. The van der Waals surface area contributed by atoms with Crippen LogP contribution in [-0.4, -0.2) is 29.1 Å². The second-order valence-electron chi connectivity index (χ2n) is 22.1. The van der Waals surface area contributed by atoms with Gasteiger partial charge in [-0.25, -0.2) is 19.9 Å². The topological polar surface area (TPSA) is 61.4 Å². The van der Waals surface area contributed by atoms with Gasteiger partial charge in [-0.15, -0.1) is 0 Å². The minimum absolute atomic E-state index is 0.394. The monoisotopic (exact) mass is 1040 g/mol. The number of fused-ring (bicyclic) bond motifs is 3. The van der Waals surface area contributed by atoms with Crippen LogP contribution in [0.15, 0.2) is 206 Å². The summed E-state index contributed by atoms with van der Waals surface area (Å²) in [5, 5.41) is 0. The van der Waals surface area contributed by atoms with Crippen LogP contribution < -0.4 is 0 Å². The predicted octanol–water partition coefficient (Wildman–Crippen LogP) is 20.4. The molecule has 12 aromatic rings. The maximum Gasteiger partial charge on any atom is 0.145 e. The molecule has 6 nitrogen and oxygen atoms in total. The standard InChI is InChI=1S/C74H70N6/c1-9-47(5)61-43-45-63(49(7)11-3)71-69(61)77-73(79(71)59-21-15-13-16-22-59)57-39-31-53(32-40-57)51-27-35-55(36-28-51)67-68(76-66-26-20-19-25-65(66)75-67)56-37-29-52(30-38-56)54-33-41-58(42-34-54)74-78-70-62(48(6)10-2)44-46-64(50(8)12-4)72(70)80(74)60-23-17-14-18-24-60/h13-50H,9-12H2,1-8H3. The van der Waals surface area contributed by atoms with Crippen molar-refractivity contribution in [2.24, 2.45) is 0 Å². The van der Waals surface area contributed by atoms with E-state index in [0.717, 1.165) is 127 Å². The van der Waals surface area contributed by atoms with Gasteiger partial charge in [-0.2, -0.15) is 0 Å². The van der Waals surface area contributed by atoms with Gasteiger partial charge in [0.15, 0.2) is 0 Å². The Morgan fingerprint density at radius 3 is 0.887 bits per heavy atom. The fraction of sp³-hybridized carbons (Fsp3) is 0.216. The number of aromatic nitrogens is 6. The van der Waals surface area contributed by atoms with E-state index in [4.69, 9.17) is 19.9 Å². The van der Waals surface area contributed by atoms with Crippen molar-refractivity contribution in [3.63, 3.8) is 0 Å². The van der Waals surface area contributed by atoms with E-state index >= 15 is 0 Å². The van der Waals surface area contributed by atoms with E-state index in [1.807, 2.05) is 24.3 Å². The number of benzene rings is 9. The van der Waals surface area contributed by atoms with Gasteiger partial charge < -0.3 is 0 Å². The SMILES string of the molecule is CCC(C)c1ccc(C(C)CC)c2c1nc(-c1ccc(-c3ccc(-c4nc5ccccc5nc4-c4ccc(-c5ccc(-c6nc7c(C(C)CC)ccc(C(C)CC)c7n6-c6ccccc6)cc5)cc4)cc3)cc1)n2-c1ccccc1. The zero-order valence-electron chi connectivity index (χ0n) is 47.5. The first-order chi connectivity index (χ1) is 39.2. The highest BCUT2D eigenvalue weighted by atomic mass is 15.1. The maximum atomic E-state index is 5.52. The summed E-state index contributed by atoms with van der Waals surface area (Å²) in [6.45, 7) is 18.4. The molecule has 396 valence electrons. The summed E-state index contributed by atoms with van der Waals surface area (Å²) in [4.78, 5) is 21.6. The van der Waals surface area contributed by atoms with Crippen LogP contribution in [0.5, 0.6) is 0 Å². The Kier molecular flexibility index (Phi) is 14.4. The molecule has 3 aromatic heterocycles. The van der Waals surface area contributed by atoms with Gasteiger partial charge in [-0.05, 0) is 130 Å². The van der Waals surface area contributed by atoms with Crippen LogP contribution in [0.3, 0.4) is 0 Å². The Morgan fingerprint density at radius 2 is 0.562 bits per heavy atom. The van der Waals surface area contributed by atoms with Crippen LogP contribution >= 0.6 is 0 Å². The molecule has 0 aliphatic heterocycles. The molecule has 0 radical (unpaired) electrons. The minimum Gasteiger partial charge on any atom is -0.292 e. The predicted molar refractivity (Wildman–Crippen MR) is 336 cm³/mol. The first-order valence-corrected chi connectivity index (χ1v) is 29.1. The third-order valence-corrected chi connectivity index (χ3v) is 17.2. The molecule has 0 fully saturated rings. The highest BCUT2D eigenvalue weighted by Crippen LogP contribution is 2.42. The van der Waals surface area contributed by atoms with E-state index in [1.54, 1.807) is 0 Å². The van der Waals surface area contributed by atoms with E-state index in [0.29, 0.717) is 23.7 Å². The smallest absolute Gasteiger partial charge is 0.145 e. The van der Waals surface area contributed by atoms with Crippen molar-refractivity contribution >= 4 is 33.1 Å². The molecular weight excluding hydrogens is 973 g/mol. The molecule has 6 heteroatoms. The Labute approximate surface area is 471 Å². The summed E-state index contributed by atoms with van der Waals surface area (Å²) < 4.78 is 4.80. The van der Waals surface area contributed by atoms with Crippen molar-refractivity contribution in [1.29, 1.82) is 0 Å². The Morgan fingerprint density at radius 1 is 0.287 bits per heavy atom. The summed E-state index contributed by atoms with van der Waals surface area (Å²) in [6.07, 6.45) is 4.22. The van der Waals surface area contributed by atoms with Gasteiger partial charge in [-0.1, -0.05) is 225 Å². The molecule has 0 N–H and O–H groups in total. The lowest BCUT2D eigenvalue weighted by Gasteiger charge is -2.18. The zero-order valence-corrected chi connectivity index (χ0v) is 47.5.